The number of nitrogens with zero attached hydrogens (tertiary/aromatic N) is 1. The molecule has 1 aromatic heterocycles. The third-order valence-corrected chi connectivity index (χ3v) is 5.05. The van der Waals surface area contributed by atoms with Crippen molar-refractivity contribution < 1.29 is 13.9 Å². The van der Waals surface area contributed by atoms with E-state index in [2.05, 4.69) is 10.3 Å². The summed E-state index contributed by atoms with van der Waals surface area (Å²) in [5.74, 6) is 1.90. The number of oxazole rings is 1. The molecule has 2 aromatic carbocycles. The van der Waals surface area contributed by atoms with E-state index in [0.717, 1.165) is 24.2 Å². The van der Waals surface area contributed by atoms with Crippen LogP contribution in [-0.4, -0.2) is 24.0 Å². The van der Waals surface area contributed by atoms with Crippen molar-refractivity contribution in [1.29, 1.82) is 0 Å². The molecule has 3 aromatic rings. The predicted octanol–water partition coefficient (Wildman–Crippen LogP) is 5.86. The zero-order valence-electron chi connectivity index (χ0n) is 16.8. The fourth-order valence-corrected chi connectivity index (χ4v) is 3.33. The number of carbonyl (C=O) groups is 1. The summed E-state index contributed by atoms with van der Waals surface area (Å²) in [5.41, 5.74) is 1.93. The molecule has 0 saturated carbocycles. The van der Waals surface area contributed by atoms with Gasteiger partial charge in [0, 0.05) is 30.0 Å². The van der Waals surface area contributed by atoms with Crippen molar-refractivity contribution in [3.05, 3.63) is 70.2 Å². The van der Waals surface area contributed by atoms with Crippen molar-refractivity contribution in [2.45, 2.75) is 32.6 Å². The molecular formula is C23H24Cl2N2O3. The van der Waals surface area contributed by atoms with Crippen LogP contribution in [-0.2, 0) is 11.2 Å². The van der Waals surface area contributed by atoms with Gasteiger partial charge in [0.15, 0.2) is 11.7 Å². The summed E-state index contributed by atoms with van der Waals surface area (Å²) in [6.07, 6.45) is 4.08. The smallest absolute Gasteiger partial charge is 0.220 e. The van der Waals surface area contributed by atoms with E-state index in [0.29, 0.717) is 47.7 Å². The van der Waals surface area contributed by atoms with Crippen LogP contribution in [0.15, 0.2) is 53.1 Å². The van der Waals surface area contributed by atoms with Crippen LogP contribution in [0.4, 0.5) is 0 Å². The monoisotopic (exact) mass is 446 g/mol. The molecule has 3 rings (SSSR count). The number of ether oxygens (including phenoxy) is 1. The van der Waals surface area contributed by atoms with E-state index in [1.54, 1.807) is 24.4 Å². The maximum Gasteiger partial charge on any atom is 0.220 e. The van der Waals surface area contributed by atoms with Crippen LogP contribution in [0.25, 0.3) is 11.3 Å². The molecule has 1 heterocycles. The number of nitrogens with one attached hydrogen (secondary N) is 1. The highest BCUT2D eigenvalue weighted by atomic mass is 35.5. The van der Waals surface area contributed by atoms with E-state index >= 15 is 0 Å². The number of halogens is 2. The molecule has 1 N–H and O–H groups in total. The molecule has 0 fully saturated rings. The highest BCUT2D eigenvalue weighted by molar-refractivity contribution is 6.36. The van der Waals surface area contributed by atoms with Crippen molar-refractivity contribution in [3.8, 4) is 17.1 Å². The summed E-state index contributed by atoms with van der Waals surface area (Å²) >= 11 is 12.1. The zero-order chi connectivity index (χ0) is 21.3. The number of aromatic nitrogens is 1. The lowest BCUT2D eigenvalue weighted by molar-refractivity contribution is -0.121. The average Bonchev–Trinajstić information content (AvgIpc) is 3.19. The Morgan fingerprint density at radius 3 is 2.70 bits per heavy atom. The van der Waals surface area contributed by atoms with Gasteiger partial charge < -0.3 is 14.5 Å². The molecule has 1 amide bonds. The van der Waals surface area contributed by atoms with Crippen LogP contribution >= 0.6 is 23.2 Å². The van der Waals surface area contributed by atoms with Crippen molar-refractivity contribution in [2.24, 2.45) is 0 Å². The Morgan fingerprint density at radius 1 is 1.13 bits per heavy atom. The SMILES string of the molecule is Cc1ccc(OCCCCNC(=O)CCc2ncc(-c3ccc(Cl)cc3Cl)o2)cc1. The van der Waals surface area contributed by atoms with Crippen LogP contribution in [0, 0.1) is 6.92 Å². The van der Waals surface area contributed by atoms with Crippen LogP contribution in [0.2, 0.25) is 10.0 Å². The minimum Gasteiger partial charge on any atom is -0.494 e. The van der Waals surface area contributed by atoms with Gasteiger partial charge in [-0.3, -0.25) is 4.79 Å². The lowest BCUT2D eigenvalue weighted by Crippen LogP contribution is -2.25. The maximum absolute atomic E-state index is 12.0. The van der Waals surface area contributed by atoms with Gasteiger partial charge in [-0.05, 0) is 50.1 Å². The van der Waals surface area contributed by atoms with Gasteiger partial charge in [-0.2, -0.15) is 0 Å². The summed E-state index contributed by atoms with van der Waals surface area (Å²) in [7, 11) is 0. The molecule has 0 aliphatic carbocycles. The highest BCUT2D eigenvalue weighted by Crippen LogP contribution is 2.30. The standard InChI is InChI=1S/C23H24Cl2N2O3/c1-16-4-7-18(8-5-16)29-13-3-2-12-26-22(28)10-11-23-27-15-21(30-23)19-9-6-17(24)14-20(19)25/h4-9,14-15H,2-3,10-13H2,1H3,(H,26,28). The van der Waals surface area contributed by atoms with Crippen LogP contribution in [0.5, 0.6) is 5.75 Å². The Labute approximate surface area is 186 Å². The van der Waals surface area contributed by atoms with Gasteiger partial charge in [0.25, 0.3) is 0 Å². The first-order valence-electron chi connectivity index (χ1n) is 9.87. The molecule has 5 nitrogen and oxygen atoms in total. The Hall–Kier alpha value is -2.50. The average molecular weight is 447 g/mol. The van der Waals surface area contributed by atoms with Gasteiger partial charge in [0.2, 0.25) is 5.91 Å². The normalized spacial score (nSPS) is 10.8. The number of unbranched alkanes of at least 4 members (excludes halogenated alkanes) is 1. The Kier molecular flexibility index (Phi) is 8.17. The Morgan fingerprint density at radius 2 is 1.93 bits per heavy atom. The highest BCUT2D eigenvalue weighted by Gasteiger charge is 2.11. The Balaban J connectivity index is 1.32. The quantitative estimate of drug-likeness (QED) is 0.395. The van der Waals surface area contributed by atoms with Crippen LogP contribution in [0.3, 0.4) is 0 Å². The third-order valence-electron chi connectivity index (χ3n) is 4.50. The number of carbonyl (C=O) groups excluding carboxylic acids is 1. The minimum atomic E-state index is -0.0290. The minimum absolute atomic E-state index is 0.0290. The van der Waals surface area contributed by atoms with Crippen molar-refractivity contribution >= 4 is 29.1 Å². The van der Waals surface area contributed by atoms with Gasteiger partial charge in [-0.1, -0.05) is 40.9 Å². The van der Waals surface area contributed by atoms with Gasteiger partial charge in [0.05, 0.1) is 17.8 Å². The van der Waals surface area contributed by atoms with E-state index in [-0.39, 0.29) is 5.91 Å². The van der Waals surface area contributed by atoms with Crippen molar-refractivity contribution in [2.75, 3.05) is 13.2 Å². The number of hydrogen-bond acceptors (Lipinski definition) is 4. The first kappa shape index (κ1) is 22.2. The first-order chi connectivity index (χ1) is 14.5. The van der Waals surface area contributed by atoms with Crippen LogP contribution < -0.4 is 10.1 Å². The third kappa shape index (κ3) is 6.78. The fraction of sp³-hybridized carbons (Fsp3) is 0.304. The van der Waals surface area contributed by atoms with Crippen LogP contribution in [0.1, 0.15) is 30.7 Å². The predicted molar refractivity (Wildman–Crippen MR) is 119 cm³/mol. The van der Waals surface area contributed by atoms with Gasteiger partial charge in [-0.25, -0.2) is 4.98 Å². The molecule has 0 bridgehead atoms. The molecule has 0 unspecified atom stereocenters. The second-order valence-electron chi connectivity index (χ2n) is 6.96. The second-order valence-corrected chi connectivity index (χ2v) is 7.80. The molecule has 0 aliphatic heterocycles. The van der Waals surface area contributed by atoms with Gasteiger partial charge >= 0.3 is 0 Å². The molecule has 158 valence electrons. The van der Waals surface area contributed by atoms with E-state index in [1.807, 2.05) is 31.2 Å². The van der Waals surface area contributed by atoms with E-state index < -0.39 is 0 Å². The first-order valence-corrected chi connectivity index (χ1v) is 10.6. The fourth-order valence-electron chi connectivity index (χ4n) is 2.83. The largest absolute Gasteiger partial charge is 0.494 e. The number of benzene rings is 2. The summed E-state index contributed by atoms with van der Waals surface area (Å²) < 4.78 is 11.4. The number of rotatable bonds is 10. The second kappa shape index (κ2) is 11.0. The maximum atomic E-state index is 12.0. The molecule has 0 saturated heterocycles. The van der Waals surface area contributed by atoms with Crippen molar-refractivity contribution in [1.82, 2.24) is 10.3 Å². The van der Waals surface area contributed by atoms with Gasteiger partial charge in [-0.15, -0.1) is 0 Å². The number of amides is 1. The lowest BCUT2D eigenvalue weighted by Gasteiger charge is -2.07. The molecule has 30 heavy (non-hydrogen) atoms. The topological polar surface area (TPSA) is 64.4 Å². The molecular weight excluding hydrogens is 423 g/mol. The number of aryl methyl sites for hydroxylation is 2. The zero-order valence-corrected chi connectivity index (χ0v) is 18.3. The molecule has 0 atom stereocenters. The van der Waals surface area contributed by atoms with Gasteiger partial charge in [0.1, 0.15) is 5.75 Å². The van der Waals surface area contributed by atoms with E-state index in [1.165, 1.54) is 5.56 Å². The summed E-state index contributed by atoms with van der Waals surface area (Å²) in [6.45, 7) is 3.29. The Bertz CT molecular complexity index is 971. The molecule has 0 spiro atoms. The summed E-state index contributed by atoms with van der Waals surface area (Å²) in [4.78, 5) is 16.3. The van der Waals surface area contributed by atoms with Crippen molar-refractivity contribution in [3.63, 3.8) is 0 Å². The summed E-state index contributed by atoms with van der Waals surface area (Å²) in [5, 5.41) is 3.97. The molecule has 0 radical (unpaired) electrons. The lowest BCUT2D eigenvalue weighted by atomic mass is 10.2. The molecule has 0 aliphatic rings. The summed E-state index contributed by atoms with van der Waals surface area (Å²) in [6, 6.07) is 13.2. The molecule has 7 heteroatoms. The van der Waals surface area contributed by atoms with E-state index in [9.17, 15) is 4.79 Å². The van der Waals surface area contributed by atoms with E-state index in [4.69, 9.17) is 32.4 Å². The number of hydrogen-bond donors (Lipinski definition) is 1.